The Balaban J connectivity index is 2.72. The number of hydrogen-bond acceptors (Lipinski definition) is 5. The van der Waals surface area contributed by atoms with Gasteiger partial charge in [0.1, 0.15) is 6.42 Å². The van der Waals surface area contributed by atoms with Crippen molar-refractivity contribution in [2.45, 2.75) is 18.2 Å². The molecule has 21 heavy (non-hydrogen) atoms. The normalized spacial score (nSPS) is 11.2. The fourth-order valence-electron chi connectivity index (χ4n) is 1.47. The third-order valence-corrected chi connectivity index (χ3v) is 4.36. The van der Waals surface area contributed by atoms with E-state index in [1.165, 1.54) is 38.4 Å². The number of esters is 1. The van der Waals surface area contributed by atoms with E-state index in [-0.39, 0.29) is 17.9 Å². The zero-order chi connectivity index (χ0) is 16.0. The van der Waals surface area contributed by atoms with Gasteiger partial charge in [0.25, 0.3) is 0 Å². The molecule has 1 aromatic carbocycles. The van der Waals surface area contributed by atoms with Crippen LogP contribution in [0.15, 0.2) is 29.2 Å². The van der Waals surface area contributed by atoms with Crippen molar-refractivity contribution in [2.24, 2.45) is 0 Å². The average Bonchev–Trinajstić information content (AvgIpc) is 2.39. The van der Waals surface area contributed by atoms with Gasteiger partial charge in [-0.3, -0.25) is 9.59 Å². The number of sulfonamides is 1. The Labute approximate surface area is 123 Å². The SMILES string of the molecule is CCOC(=O)CC(=O)Nc1ccc(S(=O)(=O)N(C)C)cc1. The average molecular weight is 314 g/mol. The number of carbonyl (C=O) groups excluding carboxylic acids is 2. The summed E-state index contributed by atoms with van der Waals surface area (Å²) in [6.45, 7) is 1.86. The lowest BCUT2D eigenvalue weighted by molar-refractivity contribution is -0.145. The van der Waals surface area contributed by atoms with Gasteiger partial charge in [0, 0.05) is 19.8 Å². The smallest absolute Gasteiger partial charge is 0.315 e. The Morgan fingerprint density at radius 2 is 1.76 bits per heavy atom. The van der Waals surface area contributed by atoms with Crippen LogP contribution in [0.3, 0.4) is 0 Å². The Morgan fingerprint density at radius 3 is 2.24 bits per heavy atom. The molecule has 0 fully saturated rings. The monoisotopic (exact) mass is 314 g/mol. The van der Waals surface area contributed by atoms with Gasteiger partial charge in [-0.1, -0.05) is 0 Å². The first-order chi connectivity index (χ1) is 9.77. The maximum Gasteiger partial charge on any atom is 0.315 e. The van der Waals surface area contributed by atoms with E-state index in [0.717, 1.165) is 4.31 Å². The molecule has 0 heterocycles. The van der Waals surface area contributed by atoms with Crippen LogP contribution in [0, 0.1) is 0 Å². The molecular formula is C13H18N2O5S. The van der Waals surface area contributed by atoms with Gasteiger partial charge < -0.3 is 10.1 Å². The van der Waals surface area contributed by atoms with Crippen LogP contribution in [-0.4, -0.2) is 45.3 Å². The summed E-state index contributed by atoms with van der Waals surface area (Å²) in [5, 5.41) is 2.49. The summed E-state index contributed by atoms with van der Waals surface area (Å²) >= 11 is 0. The van der Waals surface area contributed by atoms with Crippen LogP contribution in [-0.2, 0) is 24.3 Å². The highest BCUT2D eigenvalue weighted by Crippen LogP contribution is 2.16. The minimum Gasteiger partial charge on any atom is -0.466 e. The van der Waals surface area contributed by atoms with E-state index in [1.807, 2.05) is 0 Å². The highest BCUT2D eigenvalue weighted by Gasteiger charge is 2.17. The summed E-state index contributed by atoms with van der Waals surface area (Å²) < 4.78 is 29.5. The second-order valence-electron chi connectivity index (χ2n) is 4.34. The standard InChI is InChI=1S/C13H18N2O5S/c1-4-20-13(17)9-12(16)14-10-5-7-11(8-6-10)21(18,19)15(2)3/h5-8H,4,9H2,1-3H3,(H,14,16). The zero-order valence-electron chi connectivity index (χ0n) is 12.1. The van der Waals surface area contributed by atoms with Crippen molar-refractivity contribution in [3.05, 3.63) is 24.3 Å². The first-order valence-electron chi connectivity index (χ1n) is 6.25. The lowest BCUT2D eigenvalue weighted by Gasteiger charge is -2.12. The predicted molar refractivity (Wildman–Crippen MR) is 77.2 cm³/mol. The van der Waals surface area contributed by atoms with Crippen molar-refractivity contribution < 1.29 is 22.7 Å². The van der Waals surface area contributed by atoms with Gasteiger partial charge in [-0.25, -0.2) is 12.7 Å². The van der Waals surface area contributed by atoms with Crippen LogP contribution in [0.2, 0.25) is 0 Å². The van der Waals surface area contributed by atoms with Crippen molar-refractivity contribution in [3.8, 4) is 0 Å². The molecule has 1 aromatic rings. The Hall–Kier alpha value is -1.93. The van der Waals surface area contributed by atoms with E-state index < -0.39 is 21.9 Å². The summed E-state index contributed by atoms with van der Waals surface area (Å²) in [6, 6.07) is 5.68. The fraction of sp³-hybridized carbons (Fsp3) is 0.385. The molecule has 0 bridgehead atoms. The first kappa shape index (κ1) is 17.1. The summed E-state index contributed by atoms with van der Waals surface area (Å²) in [6.07, 6.45) is -0.383. The fourth-order valence-corrected chi connectivity index (χ4v) is 2.37. The maximum absolute atomic E-state index is 11.9. The van der Waals surface area contributed by atoms with Crippen molar-refractivity contribution in [3.63, 3.8) is 0 Å². The Bertz CT molecular complexity index is 608. The number of benzene rings is 1. The Morgan fingerprint density at radius 1 is 1.19 bits per heavy atom. The van der Waals surface area contributed by atoms with Crippen LogP contribution in [0.4, 0.5) is 5.69 Å². The van der Waals surface area contributed by atoms with E-state index in [1.54, 1.807) is 6.92 Å². The number of carbonyl (C=O) groups is 2. The lowest BCUT2D eigenvalue weighted by atomic mass is 10.3. The lowest BCUT2D eigenvalue weighted by Crippen LogP contribution is -2.22. The minimum atomic E-state index is -3.50. The quantitative estimate of drug-likeness (QED) is 0.620. The van der Waals surface area contributed by atoms with E-state index in [0.29, 0.717) is 5.69 Å². The van der Waals surface area contributed by atoms with Gasteiger partial charge in [0.2, 0.25) is 15.9 Å². The number of amides is 1. The molecular weight excluding hydrogens is 296 g/mol. The number of anilines is 1. The first-order valence-corrected chi connectivity index (χ1v) is 7.69. The molecule has 0 atom stereocenters. The number of nitrogens with one attached hydrogen (secondary N) is 1. The summed E-state index contributed by atoms with van der Waals surface area (Å²) in [5.41, 5.74) is 0.405. The van der Waals surface area contributed by atoms with E-state index in [9.17, 15) is 18.0 Å². The predicted octanol–water partition coefficient (Wildman–Crippen LogP) is 0.829. The number of rotatable bonds is 6. The molecule has 0 aliphatic carbocycles. The van der Waals surface area contributed by atoms with Crippen LogP contribution >= 0.6 is 0 Å². The largest absolute Gasteiger partial charge is 0.466 e. The van der Waals surface area contributed by atoms with Gasteiger partial charge in [-0.05, 0) is 31.2 Å². The third kappa shape index (κ3) is 4.83. The number of nitrogens with zero attached hydrogens (tertiary/aromatic N) is 1. The molecule has 7 nitrogen and oxygen atoms in total. The van der Waals surface area contributed by atoms with Crippen molar-refractivity contribution in [1.82, 2.24) is 4.31 Å². The number of ether oxygens (including phenoxy) is 1. The number of hydrogen-bond donors (Lipinski definition) is 1. The van der Waals surface area contributed by atoms with E-state index in [4.69, 9.17) is 0 Å². The molecule has 0 saturated carbocycles. The van der Waals surface area contributed by atoms with Gasteiger partial charge in [0.15, 0.2) is 0 Å². The minimum absolute atomic E-state index is 0.121. The third-order valence-electron chi connectivity index (χ3n) is 2.53. The molecule has 0 radical (unpaired) electrons. The Kier molecular flexibility index (Phi) is 5.86. The van der Waals surface area contributed by atoms with Crippen LogP contribution in [0.1, 0.15) is 13.3 Å². The summed E-state index contributed by atoms with van der Waals surface area (Å²) in [5.74, 6) is -1.13. The van der Waals surface area contributed by atoms with Crippen LogP contribution < -0.4 is 5.32 Å². The van der Waals surface area contributed by atoms with Crippen molar-refractivity contribution in [2.75, 3.05) is 26.0 Å². The second kappa shape index (κ2) is 7.19. The molecule has 1 N–H and O–H groups in total. The molecule has 0 aliphatic rings. The molecule has 0 unspecified atom stereocenters. The van der Waals surface area contributed by atoms with E-state index >= 15 is 0 Å². The van der Waals surface area contributed by atoms with E-state index in [2.05, 4.69) is 10.1 Å². The molecule has 116 valence electrons. The molecule has 0 spiro atoms. The topological polar surface area (TPSA) is 92.8 Å². The highest BCUT2D eigenvalue weighted by molar-refractivity contribution is 7.89. The molecule has 1 rings (SSSR count). The van der Waals surface area contributed by atoms with Crippen molar-refractivity contribution in [1.29, 1.82) is 0 Å². The highest BCUT2D eigenvalue weighted by atomic mass is 32.2. The second-order valence-corrected chi connectivity index (χ2v) is 6.49. The van der Waals surface area contributed by atoms with Crippen LogP contribution in [0.25, 0.3) is 0 Å². The van der Waals surface area contributed by atoms with Crippen molar-refractivity contribution >= 4 is 27.6 Å². The molecule has 0 aromatic heterocycles. The van der Waals surface area contributed by atoms with Gasteiger partial charge in [-0.2, -0.15) is 0 Å². The summed E-state index contributed by atoms with van der Waals surface area (Å²) in [4.78, 5) is 22.8. The molecule has 8 heteroatoms. The van der Waals surface area contributed by atoms with Gasteiger partial charge in [-0.15, -0.1) is 0 Å². The van der Waals surface area contributed by atoms with Gasteiger partial charge >= 0.3 is 5.97 Å². The van der Waals surface area contributed by atoms with Gasteiger partial charge in [0.05, 0.1) is 11.5 Å². The van der Waals surface area contributed by atoms with Crippen LogP contribution in [0.5, 0.6) is 0 Å². The zero-order valence-corrected chi connectivity index (χ0v) is 12.9. The summed E-state index contributed by atoms with van der Waals surface area (Å²) in [7, 11) is -0.632. The molecule has 0 saturated heterocycles. The molecule has 1 amide bonds. The maximum atomic E-state index is 11.9. The molecule has 0 aliphatic heterocycles.